The van der Waals surface area contributed by atoms with Crippen LogP contribution in [-0.4, -0.2) is 28.9 Å². The lowest BCUT2D eigenvalue weighted by molar-refractivity contribution is 0.0748. The zero-order valence-corrected chi connectivity index (χ0v) is 11.1. The van der Waals surface area contributed by atoms with Crippen LogP contribution in [0.2, 0.25) is 0 Å². The summed E-state index contributed by atoms with van der Waals surface area (Å²) in [7, 11) is 0. The lowest BCUT2D eigenvalue weighted by Gasteiger charge is -2.22. The number of pyridine rings is 1. The second kappa shape index (κ2) is 6.68. The molecule has 0 fully saturated rings. The summed E-state index contributed by atoms with van der Waals surface area (Å²) in [5, 5.41) is 0. The summed E-state index contributed by atoms with van der Waals surface area (Å²) in [6.45, 7) is 1.35. The molecular formula is C15H17N3O2. The molecule has 0 bridgehead atoms. The van der Waals surface area contributed by atoms with Crippen LogP contribution in [0.15, 0.2) is 53.5 Å². The van der Waals surface area contributed by atoms with Crippen LogP contribution in [0.3, 0.4) is 0 Å². The first kappa shape index (κ1) is 14.0. The molecule has 0 aliphatic carbocycles. The van der Waals surface area contributed by atoms with Crippen LogP contribution < -0.4 is 11.3 Å². The largest absolute Gasteiger partial charge is 0.333 e. The Hall–Kier alpha value is -2.40. The van der Waals surface area contributed by atoms with Gasteiger partial charge in [0.25, 0.3) is 5.91 Å². The van der Waals surface area contributed by atoms with E-state index < -0.39 is 0 Å². The molecule has 0 saturated heterocycles. The lowest BCUT2D eigenvalue weighted by atomic mass is 10.2. The van der Waals surface area contributed by atoms with E-state index in [4.69, 9.17) is 5.73 Å². The van der Waals surface area contributed by atoms with Crippen LogP contribution in [0.5, 0.6) is 0 Å². The van der Waals surface area contributed by atoms with E-state index >= 15 is 0 Å². The quantitative estimate of drug-likeness (QED) is 0.850. The molecule has 0 atom stereocenters. The van der Waals surface area contributed by atoms with Crippen molar-refractivity contribution in [1.82, 2.24) is 9.88 Å². The predicted octanol–water partition coefficient (Wildman–Crippen LogP) is 0.976. The van der Waals surface area contributed by atoms with Crippen LogP contribution in [0.1, 0.15) is 15.9 Å². The summed E-state index contributed by atoms with van der Waals surface area (Å²) in [5.41, 5.74) is 6.84. The minimum absolute atomic E-state index is 0.143. The first-order chi connectivity index (χ1) is 9.70. The summed E-state index contributed by atoms with van der Waals surface area (Å²) in [6.07, 6.45) is 1.43. The van der Waals surface area contributed by atoms with E-state index in [1.165, 1.54) is 18.3 Å². The van der Waals surface area contributed by atoms with E-state index in [9.17, 15) is 9.59 Å². The van der Waals surface area contributed by atoms with Crippen LogP contribution in [0.4, 0.5) is 0 Å². The molecule has 1 heterocycles. The number of nitrogens with zero attached hydrogens (tertiary/aromatic N) is 1. The molecule has 0 aliphatic heterocycles. The molecule has 104 valence electrons. The number of aromatic nitrogens is 1. The number of aromatic amines is 1. The number of rotatable bonds is 5. The highest BCUT2D eigenvalue weighted by Crippen LogP contribution is 2.08. The first-order valence-corrected chi connectivity index (χ1v) is 6.42. The highest BCUT2D eigenvalue weighted by atomic mass is 16.2. The molecule has 20 heavy (non-hydrogen) atoms. The fourth-order valence-electron chi connectivity index (χ4n) is 1.94. The van der Waals surface area contributed by atoms with Crippen molar-refractivity contribution in [3.05, 3.63) is 70.1 Å². The number of benzene rings is 1. The Morgan fingerprint density at radius 1 is 1.15 bits per heavy atom. The van der Waals surface area contributed by atoms with Gasteiger partial charge in [0.05, 0.1) is 5.56 Å². The van der Waals surface area contributed by atoms with Crippen molar-refractivity contribution in [3.63, 3.8) is 0 Å². The third kappa shape index (κ3) is 3.55. The van der Waals surface area contributed by atoms with Gasteiger partial charge in [0, 0.05) is 31.9 Å². The first-order valence-electron chi connectivity index (χ1n) is 6.42. The molecule has 5 heteroatoms. The lowest BCUT2D eigenvalue weighted by Crippen LogP contribution is -2.35. The minimum atomic E-state index is -0.227. The number of amides is 1. The number of carbonyl (C=O) groups is 1. The van der Waals surface area contributed by atoms with Crippen molar-refractivity contribution in [2.75, 3.05) is 13.1 Å². The Balaban J connectivity index is 2.17. The fraction of sp³-hybridized carbons (Fsp3) is 0.200. The monoisotopic (exact) mass is 271 g/mol. The molecule has 2 aromatic rings. The maximum absolute atomic E-state index is 12.4. The van der Waals surface area contributed by atoms with Crippen molar-refractivity contribution in [2.24, 2.45) is 5.73 Å². The number of hydrogen-bond acceptors (Lipinski definition) is 3. The highest BCUT2D eigenvalue weighted by Gasteiger charge is 2.15. The number of carbonyl (C=O) groups excluding carboxylic acids is 1. The summed E-state index contributed by atoms with van der Waals surface area (Å²) < 4.78 is 0. The molecule has 0 aliphatic rings. The molecule has 5 nitrogen and oxygen atoms in total. The van der Waals surface area contributed by atoms with Gasteiger partial charge in [-0.15, -0.1) is 0 Å². The van der Waals surface area contributed by atoms with Crippen molar-refractivity contribution in [3.8, 4) is 0 Å². The normalized spacial score (nSPS) is 10.2. The van der Waals surface area contributed by atoms with Crippen molar-refractivity contribution < 1.29 is 4.79 Å². The summed E-state index contributed by atoms with van der Waals surface area (Å²) in [5.74, 6) is -0.143. The Morgan fingerprint density at radius 3 is 2.50 bits per heavy atom. The third-order valence-electron chi connectivity index (χ3n) is 2.93. The second-order valence-corrected chi connectivity index (χ2v) is 4.44. The van der Waals surface area contributed by atoms with Crippen LogP contribution in [-0.2, 0) is 6.54 Å². The molecular weight excluding hydrogens is 254 g/mol. The van der Waals surface area contributed by atoms with Gasteiger partial charge >= 0.3 is 0 Å². The number of nitrogens with one attached hydrogen (secondary N) is 1. The number of nitrogens with two attached hydrogens (primary N) is 1. The smallest absolute Gasteiger partial charge is 0.255 e. The van der Waals surface area contributed by atoms with Crippen molar-refractivity contribution >= 4 is 5.91 Å². The molecule has 0 saturated carbocycles. The molecule has 0 spiro atoms. The van der Waals surface area contributed by atoms with Gasteiger partial charge in [0.2, 0.25) is 5.56 Å². The highest BCUT2D eigenvalue weighted by molar-refractivity contribution is 5.93. The van der Waals surface area contributed by atoms with Gasteiger partial charge in [-0.05, 0) is 11.6 Å². The summed E-state index contributed by atoms with van der Waals surface area (Å²) in [6, 6.07) is 12.6. The van der Waals surface area contributed by atoms with Gasteiger partial charge < -0.3 is 15.6 Å². The second-order valence-electron chi connectivity index (χ2n) is 4.44. The topological polar surface area (TPSA) is 79.2 Å². The van der Waals surface area contributed by atoms with E-state index in [1.807, 2.05) is 30.3 Å². The Kier molecular flexibility index (Phi) is 4.68. The average Bonchev–Trinajstić information content (AvgIpc) is 2.48. The fourth-order valence-corrected chi connectivity index (χ4v) is 1.94. The maximum atomic E-state index is 12.4. The van der Waals surface area contributed by atoms with E-state index in [0.717, 1.165) is 5.56 Å². The van der Waals surface area contributed by atoms with Gasteiger partial charge in [-0.25, -0.2) is 0 Å². The zero-order chi connectivity index (χ0) is 14.4. The Morgan fingerprint density at radius 2 is 1.90 bits per heavy atom. The summed E-state index contributed by atoms with van der Waals surface area (Å²) in [4.78, 5) is 27.6. The van der Waals surface area contributed by atoms with Gasteiger partial charge in [-0.2, -0.15) is 0 Å². The van der Waals surface area contributed by atoms with Gasteiger partial charge in [0.1, 0.15) is 0 Å². The zero-order valence-electron chi connectivity index (χ0n) is 11.1. The van der Waals surface area contributed by atoms with Crippen LogP contribution in [0.25, 0.3) is 0 Å². The summed E-state index contributed by atoms with van der Waals surface area (Å²) >= 11 is 0. The van der Waals surface area contributed by atoms with E-state index in [-0.39, 0.29) is 11.5 Å². The molecule has 1 aromatic heterocycles. The van der Waals surface area contributed by atoms with Crippen molar-refractivity contribution in [2.45, 2.75) is 6.54 Å². The van der Waals surface area contributed by atoms with Crippen LogP contribution >= 0.6 is 0 Å². The maximum Gasteiger partial charge on any atom is 0.255 e. The number of H-pyrrole nitrogens is 1. The molecule has 2 rings (SSSR count). The number of hydrogen-bond donors (Lipinski definition) is 2. The van der Waals surface area contributed by atoms with Gasteiger partial charge in [0.15, 0.2) is 0 Å². The molecule has 0 unspecified atom stereocenters. The Labute approximate surface area is 117 Å². The average molecular weight is 271 g/mol. The standard InChI is InChI=1S/C15H17N3O2/c16-8-9-18(11-12-4-2-1-3-5-12)15(20)13-6-7-14(19)17-10-13/h1-7,10H,8-9,11,16H2,(H,17,19). The Bertz CT molecular complexity index is 602. The molecule has 3 N–H and O–H groups in total. The minimum Gasteiger partial charge on any atom is -0.333 e. The van der Waals surface area contributed by atoms with Crippen molar-refractivity contribution in [1.29, 1.82) is 0 Å². The van der Waals surface area contributed by atoms with E-state index in [2.05, 4.69) is 4.98 Å². The molecule has 1 aromatic carbocycles. The third-order valence-corrected chi connectivity index (χ3v) is 2.93. The van der Waals surface area contributed by atoms with Crippen LogP contribution in [0, 0.1) is 0 Å². The molecule has 0 radical (unpaired) electrons. The predicted molar refractivity (Wildman–Crippen MR) is 77.3 cm³/mol. The van der Waals surface area contributed by atoms with Gasteiger partial charge in [-0.3, -0.25) is 9.59 Å². The SMILES string of the molecule is NCCN(Cc1ccccc1)C(=O)c1ccc(=O)[nH]c1. The molecule has 1 amide bonds. The van der Waals surface area contributed by atoms with E-state index in [1.54, 1.807) is 4.90 Å². The van der Waals surface area contributed by atoms with Gasteiger partial charge in [-0.1, -0.05) is 30.3 Å². The van der Waals surface area contributed by atoms with E-state index in [0.29, 0.717) is 25.2 Å².